The van der Waals surface area contributed by atoms with Gasteiger partial charge >= 0.3 is 36.4 Å². The molecule has 0 bridgehead atoms. The van der Waals surface area contributed by atoms with Gasteiger partial charge in [0.1, 0.15) is 28.5 Å². The number of benzene rings is 4. The van der Waals surface area contributed by atoms with Crippen LogP contribution in [0, 0.1) is 0 Å². The van der Waals surface area contributed by atoms with Gasteiger partial charge in [-0.25, -0.2) is 0 Å². The Morgan fingerprint density at radius 3 is 0.656 bits per heavy atom. The summed E-state index contributed by atoms with van der Waals surface area (Å²) >= 11 is -11.2. The summed E-state index contributed by atoms with van der Waals surface area (Å²) in [5.41, 5.74) is 0. The predicted molar refractivity (Wildman–Crippen MR) is 124 cm³/mol. The first-order valence-corrected chi connectivity index (χ1v) is 17.1. The Morgan fingerprint density at radius 1 is 0.344 bits per heavy atom. The summed E-state index contributed by atoms with van der Waals surface area (Å²) in [6.45, 7) is 0. The van der Waals surface area contributed by atoms with Gasteiger partial charge in [-0.05, 0) is 48.5 Å². The second-order valence-electron chi connectivity index (χ2n) is 6.97. The molecule has 0 aliphatic carbocycles. The third-order valence-electron chi connectivity index (χ3n) is 4.57. The zero-order valence-corrected chi connectivity index (χ0v) is 20.2. The fraction of sp³-hybridized carbons (Fsp3) is 0. The first kappa shape index (κ1) is 24.4. The third-order valence-corrected chi connectivity index (χ3v) is 8.86. The Kier molecular flexibility index (Phi) is 6.52. The van der Waals surface area contributed by atoms with Gasteiger partial charge in [0.25, 0.3) is 0 Å². The fourth-order valence-corrected chi connectivity index (χ4v) is 7.77. The van der Waals surface area contributed by atoms with Gasteiger partial charge < -0.3 is 0 Å². The molecule has 32 heavy (non-hydrogen) atoms. The topological polar surface area (TPSA) is 0 Å². The second kappa shape index (κ2) is 8.57. The molecule has 4 rings (SSSR count). The van der Waals surface area contributed by atoms with Crippen LogP contribution in [0.5, 0.6) is 0 Å². The molecule has 0 saturated carbocycles. The first-order valence-electron chi connectivity index (χ1n) is 9.55. The molecule has 4 aromatic rings. The summed E-state index contributed by atoms with van der Waals surface area (Å²) in [6.07, 6.45) is 0. The minimum atomic E-state index is -11.2. The van der Waals surface area contributed by atoms with Crippen molar-refractivity contribution in [1.82, 2.24) is 0 Å². The fourth-order valence-electron chi connectivity index (χ4n) is 3.50. The molecule has 0 unspecified atom stereocenters. The monoisotopic (exact) mass is 574 g/mol. The van der Waals surface area contributed by atoms with Crippen LogP contribution in [0.15, 0.2) is 121 Å². The molecule has 0 aliphatic rings. The van der Waals surface area contributed by atoms with Gasteiger partial charge in [-0.1, -0.05) is 72.8 Å². The summed E-state index contributed by atoms with van der Waals surface area (Å²) in [5, 5.41) is 5.55. The molecule has 8 heteroatoms. The van der Waals surface area contributed by atoms with Gasteiger partial charge in [-0.15, -0.1) is 0 Å². The van der Waals surface area contributed by atoms with Crippen LogP contribution < -0.4 is 21.2 Å². The summed E-state index contributed by atoms with van der Waals surface area (Å²) in [6, 6.07) is 43.8. The van der Waals surface area contributed by atoms with Gasteiger partial charge in [0.05, 0.1) is 0 Å². The normalized spacial score (nSPS) is 13.8. The molecule has 0 fully saturated rings. The van der Waals surface area contributed by atoms with E-state index < -0.39 is 26.7 Å². The molecule has 0 radical (unpaired) electrons. The Bertz CT molecular complexity index is 960. The standard InChI is InChI=1S/C24H20P.6FH.Sb/c1-5-13-21(14-6-1)25(22-15-7-2-8-16-22,23-17-9-3-10-18-23)24-19-11-4-12-20-24;;;;;;;/h1-20H;6*1H;/q+1;;;;;;;+5/p-6. The van der Waals surface area contributed by atoms with E-state index in [2.05, 4.69) is 121 Å². The Balaban J connectivity index is 0.000000360. The van der Waals surface area contributed by atoms with Crippen LogP contribution in [-0.2, 0) is 0 Å². The van der Waals surface area contributed by atoms with E-state index in [9.17, 15) is 16.9 Å². The first-order chi connectivity index (χ1) is 14.9. The van der Waals surface area contributed by atoms with Crippen molar-refractivity contribution in [1.29, 1.82) is 0 Å². The van der Waals surface area contributed by atoms with E-state index in [1.54, 1.807) is 0 Å². The van der Waals surface area contributed by atoms with Gasteiger partial charge in [-0.3, -0.25) is 0 Å². The second-order valence-corrected chi connectivity index (χ2v) is 15.8. The summed E-state index contributed by atoms with van der Waals surface area (Å²) < 4.78 is 59.6. The van der Waals surface area contributed by atoms with Crippen LogP contribution >= 0.6 is 7.26 Å². The predicted octanol–water partition coefficient (Wildman–Crippen LogP) is 6.45. The average molecular weight is 575 g/mol. The minimum absolute atomic E-state index is 1.39. The molecule has 0 spiro atoms. The maximum atomic E-state index is 9.93. The molecule has 4 aromatic carbocycles. The number of hydrogen-bond donors (Lipinski definition) is 0. The number of halogens is 6. The van der Waals surface area contributed by atoms with Crippen molar-refractivity contribution in [3.63, 3.8) is 0 Å². The molecular formula is C24H20F6PSb. The van der Waals surface area contributed by atoms with Crippen LogP contribution in [0.25, 0.3) is 0 Å². The molecule has 0 atom stereocenters. The van der Waals surface area contributed by atoms with Gasteiger partial charge in [-0.2, -0.15) is 0 Å². The van der Waals surface area contributed by atoms with Gasteiger partial charge in [0.2, 0.25) is 0 Å². The van der Waals surface area contributed by atoms with Crippen LogP contribution in [0.4, 0.5) is 16.9 Å². The van der Waals surface area contributed by atoms with Crippen molar-refractivity contribution < 1.29 is 16.9 Å². The summed E-state index contributed by atoms with van der Waals surface area (Å²) in [4.78, 5) is 0. The molecule has 0 heterocycles. The minimum Gasteiger partial charge on any atom is -0.0620 e. The SMILES string of the molecule is [F][Sb-]([F])([F])([F])([F])[F].c1ccc([P+](c2ccccc2)(c2ccccc2)c2ccccc2)cc1. The molecule has 0 nitrogen and oxygen atoms in total. The Labute approximate surface area is 185 Å². The van der Waals surface area contributed by atoms with E-state index in [4.69, 9.17) is 0 Å². The molecular weight excluding hydrogens is 555 g/mol. The van der Waals surface area contributed by atoms with E-state index in [1.165, 1.54) is 21.2 Å². The summed E-state index contributed by atoms with van der Waals surface area (Å²) in [5.74, 6) is 0. The maximum Gasteiger partial charge on any atom is 0.144 e. The molecule has 0 N–H and O–H groups in total. The molecule has 0 saturated heterocycles. The van der Waals surface area contributed by atoms with Gasteiger partial charge in [0.15, 0.2) is 0 Å². The van der Waals surface area contributed by atoms with Crippen molar-refractivity contribution in [2.75, 3.05) is 0 Å². The molecule has 0 aliphatic heterocycles. The molecule has 0 amide bonds. The van der Waals surface area contributed by atoms with Crippen molar-refractivity contribution in [3.8, 4) is 0 Å². The molecule has 0 aromatic heterocycles. The van der Waals surface area contributed by atoms with Crippen molar-refractivity contribution >= 4 is 48.0 Å². The van der Waals surface area contributed by atoms with Crippen molar-refractivity contribution in [2.24, 2.45) is 0 Å². The number of rotatable bonds is 4. The van der Waals surface area contributed by atoms with Crippen LogP contribution in [0.3, 0.4) is 0 Å². The van der Waals surface area contributed by atoms with Crippen LogP contribution in [0.1, 0.15) is 0 Å². The zero-order valence-electron chi connectivity index (χ0n) is 16.7. The van der Waals surface area contributed by atoms with Crippen LogP contribution in [-0.4, -0.2) is 19.5 Å². The largest absolute Gasteiger partial charge is 0.144 e. The van der Waals surface area contributed by atoms with Gasteiger partial charge in [0, 0.05) is 0 Å². The number of hydrogen-bond acceptors (Lipinski definition) is 0. The van der Waals surface area contributed by atoms with E-state index in [0.29, 0.717) is 0 Å². The Morgan fingerprint density at radius 2 is 0.500 bits per heavy atom. The van der Waals surface area contributed by atoms with Crippen molar-refractivity contribution in [2.45, 2.75) is 0 Å². The quantitative estimate of drug-likeness (QED) is 0.149. The van der Waals surface area contributed by atoms with E-state index in [1.807, 2.05) is 0 Å². The van der Waals surface area contributed by atoms with Crippen molar-refractivity contribution in [3.05, 3.63) is 121 Å². The van der Waals surface area contributed by atoms with E-state index in [-0.39, 0.29) is 0 Å². The zero-order chi connectivity index (χ0) is 23.4. The molecule has 168 valence electrons. The summed E-state index contributed by atoms with van der Waals surface area (Å²) in [7, 11) is -1.91. The maximum absolute atomic E-state index is 11.2. The van der Waals surface area contributed by atoms with E-state index in [0.717, 1.165) is 0 Å². The Hall–Kier alpha value is -2.29. The van der Waals surface area contributed by atoms with Crippen LogP contribution in [0.2, 0.25) is 0 Å². The third kappa shape index (κ3) is 6.85. The smallest absolute Gasteiger partial charge is 0.0620 e. The average Bonchev–Trinajstić information content (AvgIpc) is 2.75. The van der Waals surface area contributed by atoms with E-state index >= 15 is 0 Å².